The zero-order valence-corrected chi connectivity index (χ0v) is 12.0. The average Bonchev–Trinajstić information content (AvgIpc) is 2.33. The molecule has 6 heteroatoms. The minimum atomic E-state index is -4.16. The Morgan fingerprint density at radius 1 is 1.21 bits per heavy atom. The molecule has 1 unspecified atom stereocenters. The van der Waals surface area contributed by atoms with Gasteiger partial charge in [-0.25, -0.2) is 0 Å². The first kappa shape index (κ1) is 18.2. The minimum Gasteiger partial charge on any atom is -0.302 e. The van der Waals surface area contributed by atoms with Crippen molar-refractivity contribution in [3.8, 4) is 6.07 Å². The van der Waals surface area contributed by atoms with Gasteiger partial charge in [-0.1, -0.05) is 13.8 Å². The first-order chi connectivity index (χ1) is 8.82. The third-order valence-electron chi connectivity index (χ3n) is 3.32. The van der Waals surface area contributed by atoms with Crippen molar-refractivity contribution >= 4 is 0 Å². The van der Waals surface area contributed by atoms with Gasteiger partial charge in [0, 0.05) is 0 Å². The Hall–Kier alpha value is -0.800. The Kier molecular flexibility index (Phi) is 8.03. The molecule has 0 saturated carbocycles. The molecule has 0 fully saturated rings. The van der Waals surface area contributed by atoms with E-state index in [9.17, 15) is 13.2 Å². The molecule has 0 heterocycles. The molecule has 0 rings (SSSR count). The third kappa shape index (κ3) is 7.38. The van der Waals surface area contributed by atoms with E-state index in [4.69, 9.17) is 5.26 Å². The maximum Gasteiger partial charge on any atom is 0.401 e. The smallest absolute Gasteiger partial charge is 0.302 e. The molecule has 0 bridgehead atoms. The minimum absolute atomic E-state index is 0.373. The number of alkyl halides is 3. The fraction of sp³-hybridized carbons (Fsp3) is 0.923. The van der Waals surface area contributed by atoms with E-state index in [1.165, 1.54) is 4.90 Å². The normalized spacial score (nSPS) is 15.3. The van der Waals surface area contributed by atoms with Crippen LogP contribution in [0.1, 0.15) is 39.5 Å². The Balaban J connectivity index is 4.30. The van der Waals surface area contributed by atoms with Crippen LogP contribution in [0, 0.1) is 11.3 Å². The summed E-state index contributed by atoms with van der Waals surface area (Å²) >= 11 is 0. The highest BCUT2D eigenvalue weighted by Crippen LogP contribution is 2.19. The molecule has 19 heavy (non-hydrogen) atoms. The molecular weight excluding hydrogens is 255 g/mol. The molecule has 3 nitrogen and oxygen atoms in total. The Bertz CT molecular complexity index is 280. The molecule has 0 aliphatic rings. The lowest BCUT2D eigenvalue weighted by Crippen LogP contribution is -2.42. The Labute approximate surface area is 113 Å². The van der Waals surface area contributed by atoms with Crippen molar-refractivity contribution in [2.45, 2.75) is 51.2 Å². The van der Waals surface area contributed by atoms with Crippen LogP contribution in [0.15, 0.2) is 0 Å². The molecule has 0 aliphatic heterocycles. The van der Waals surface area contributed by atoms with E-state index in [0.717, 1.165) is 0 Å². The highest BCUT2D eigenvalue weighted by atomic mass is 19.4. The summed E-state index contributed by atoms with van der Waals surface area (Å²) in [6.45, 7) is 3.71. The van der Waals surface area contributed by atoms with Crippen molar-refractivity contribution in [3.05, 3.63) is 0 Å². The molecular formula is C13H24F3N3. The standard InChI is InChI=1S/C13H24F3N3/c1-4-8-19(11-13(14,15)16)9-6-7-12(5-2,10-17)18-3/h18H,4-9,11H2,1-3H3. The predicted molar refractivity (Wildman–Crippen MR) is 69.7 cm³/mol. The second kappa shape index (κ2) is 8.39. The number of hydrogen-bond donors (Lipinski definition) is 1. The molecule has 1 atom stereocenters. The highest BCUT2D eigenvalue weighted by molar-refractivity contribution is 5.05. The second-order valence-electron chi connectivity index (χ2n) is 4.79. The number of halogens is 3. The molecule has 0 aromatic carbocycles. The van der Waals surface area contributed by atoms with Crippen LogP contribution in [0.3, 0.4) is 0 Å². The first-order valence-electron chi connectivity index (χ1n) is 6.71. The van der Waals surface area contributed by atoms with Gasteiger partial charge in [0.15, 0.2) is 0 Å². The molecule has 1 N–H and O–H groups in total. The van der Waals surface area contributed by atoms with E-state index < -0.39 is 18.3 Å². The molecule has 112 valence electrons. The van der Waals surface area contributed by atoms with Crippen molar-refractivity contribution in [2.75, 3.05) is 26.7 Å². The van der Waals surface area contributed by atoms with Gasteiger partial charge < -0.3 is 5.32 Å². The lowest BCUT2D eigenvalue weighted by atomic mass is 9.92. The van der Waals surface area contributed by atoms with Crippen LogP contribution in [0.5, 0.6) is 0 Å². The largest absolute Gasteiger partial charge is 0.401 e. The maximum absolute atomic E-state index is 12.4. The van der Waals surface area contributed by atoms with Gasteiger partial charge in [0.2, 0.25) is 0 Å². The summed E-state index contributed by atoms with van der Waals surface area (Å²) in [5.74, 6) is 0. The van der Waals surface area contributed by atoms with Crippen molar-refractivity contribution < 1.29 is 13.2 Å². The van der Waals surface area contributed by atoms with Crippen molar-refractivity contribution in [1.82, 2.24) is 10.2 Å². The van der Waals surface area contributed by atoms with Gasteiger partial charge in [-0.3, -0.25) is 4.90 Å². The lowest BCUT2D eigenvalue weighted by Gasteiger charge is -2.27. The van der Waals surface area contributed by atoms with Crippen molar-refractivity contribution in [2.24, 2.45) is 0 Å². The quantitative estimate of drug-likeness (QED) is 0.705. The van der Waals surface area contributed by atoms with Crippen LogP contribution in [-0.4, -0.2) is 43.3 Å². The van der Waals surface area contributed by atoms with E-state index in [1.807, 2.05) is 13.8 Å². The summed E-state index contributed by atoms with van der Waals surface area (Å²) in [4.78, 5) is 1.41. The number of rotatable bonds is 9. The maximum atomic E-state index is 12.4. The predicted octanol–water partition coefficient (Wildman–Crippen LogP) is 2.93. The van der Waals surface area contributed by atoms with Crippen LogP contribution in [0.2, 0.25) is 0 Å². The Morgan fingerprint density at radius 3 is 2.21 bits per heavy atom. The zero-order valence-electron chi connectivity index (χ0n) is 12.0. The molecule has 0 aromatic rings. The Morgan fingerprint density at radius 2 is 1.84 bits per heavy atom. The summed E-state index contributed by atoms with van der Waals surface area (Å²) in [6, 6.07) is 2.22. The molecule has 0 aromatic heterocycles. The third-order valence-corrected chi connectivity index (χ3v) is 3.32. The molecule has 0 amide bonds. The van der Waals surface area contributed by atoms with Crippen LogP contribution in [0.25, 0.3) is 0 Å². The van der Waals surface area contributed by atoms with E-state index in [0.29, 0.717) is 38.8 Å². The summed E-state index contributed by atoms with van der Waals surface area (Å²) in [6.07, 6.45) is -1.67. The van der Waals surface area contributed by atoms with Gasteiger partial charge in [0.1, 0.15) is 5.54 Å². The van der Waals surface area contributed by atoms with Gasteiger partial charge in [-0.15, -0.1) is 0 Å². The number of nitriles is 1. The summed E-state index contributed by atoms with van der Waals surface area (Å²) in [5, 5.41) is 12.1. The summed E-state index contributed by atoms with van der Waals surface area (Å²) in [5.41, 5.74) is -0.615. The van der Waals surface area contributed by atoms with Crippen molar-refractivity contribution in [1.29, 1.82) is 5.26 Å². The molecule has 0 spiro atoms. The molecule has 0 aliphatic carbocycles. The van der Waals surface area contributed by atoms with E-state index >= 15 is 0 Å². The van der Waals surface area contributed by atoms with Gasteiger partial charge in [-0.05, 0) is 45.8 Å². The molecule has 0 saturated heterocycles. The second-order valence-corrected chi connectivity index (χ2v) is 4.79. The fourth-order valence-corrected chi connectivity index (χ4v) is 2.11. The van der Waals surface area contributed by atoms with Crippen LogP contribution in [0.4, 0.5) is 13.2 Å². The van der Waals surface area contributed by atoms with Crippen molar-refractivity contribution in [3.63, 3.8) is 0 Å². The van der Waals surface area contributed by atoms with Crippen LogP contribution >= 0.6 is 0 Å². The first-order valence-corrected chi connectivity index (χ1v) is 6.71. The van der Waals surface area contributed by atoms with Gasteiger partial charge in [-0.2, -0.15) is 18.4 Å². The highest BCUT2D eigenvalue weighted by Gasteiger charge is 2.31. The van der Waals surface area contributed by atoms with Gasteiger partial charge in [0.25, 0.3) is 0 Å². The van der Waals surface area contributed by atoms with Crippen LogP contribution < -0.4 is 5.32 Å². The average molecular weight is 279 g/mol. The SMILES string of the molecule is CCCN(CCCC(C#N)(CC)NC)CC(F)(F)F. The number of nitrogens with zero attached hydrogens (tertiary/aromatic N) is 2. The fourth-order valence-electron chi connectivity index (χ4n) is 2.11. The molecule has 0 radical (unpaired) electrons. The van der Waals surface area contributed by atoms with E-state index in [1.54, 1.807) is 7.05 Å². The van der Waals surface area contributed by atoms with Gasteiger partial charge in [0.05, 0.1) is 12.6 Å². The lowest BCUT2D eigenvalue weighted by molar-refractivity contribution is -0.146. The number of hydrogen-bond acceptors (Lipinski definition) is 3. The summed E-state index contributed by atoms with van der Waals surface area (Å²) < 4.78 is 37.1. The van der Waals surface area contributed by atoms with E-state index in [-0.39, 0.29) is 0 Å². The topological polar surface area (TPSA) is 39.1 Å². The van der Waals surface area contributed by atoms with E-state index in [2.05, 4.69) is 11.4 Å². The summed E-state index contributed by atoms with van der Waals surface area (Å²) in [7, 11) is 1.71. The van der Waals surface area contributed by atoms with Gasteiger partial charge >= 0.3 is 6.18 Å². The zero-order chi connectivity index (χ0) is 14.9. The van der Waals surface area contributed by atoms with Crippen LogP contribution in [-0.2, 0) is 0 Å². The number of nitrogens with one attached hydrogen (secondary N) is 1. The monoisotopic (exact) mass is 279 g/mol.